The fourth-order valence-corrected chi connectivity index (χ4v) is 3.18. The number of carbonyl (C=O) groups excluding carboxylic acids is 1. The van der Waals surface area contributed by atoms with Gasteiger partial charge < -0.3 is 4.90 Å². The van der Waals surface area contributed by atoms with Crippen molar-refractivity contribution in [2.45, 2.75) is 12.5 Å². The summed E-state index contributed by atoms with van der Waals surface area (Å²) in [5.41, 5.74) is 0.614. The number of likely N-dealkylation sites (tertiary alicyclic amines) is 1. The summed E-state index contributed by atoms with van der Waals surface area (Å²) in [6, 6.07) is 6.95. The molecule has 1 aliphatic heterocycles. The molecule has 0 saturated carbocycles. The van der Waals surface area contributed by atoms with Crippen LogP contribution >= 0.6 is 15.9 Å². The minimum Gasteiger partial charge on any atom is -0.337 e. The van der Waals surface area contributed by atoms with Crippen LogP contribution in [0.25, 0.3) is 0 Å². The first-order valence-corrected chi connectivity index (χ1v) is 8.56. The van der Waals surface area contributed by atoms with Gasteiger partial charge in [-0.3, -0.25) is 4.79 Å². The van der Waals surface area contributed by atoms with Gasteiger partial charge in [0.2, 0.25) is 10.0 Å². The summed E-state index contributed by atoms with van der Waals surface area (Å²) in [7, 11) is -3.22. The van der Waals surface area contributed by atoms with Gasteiger partial charge in [0.1, 0.15) is 0 Å². The lowest BCUT2D eigenvalue weighted by Crippen LogP contribution is -2.37. The highest BCUT2D eigenvalue weighted by Gasteiger charge is 2.28. The van der Waals surface area contributed by atoms with E-state index in [-0.39, 0.29) is 11.9 Å². The van der Waals surface area contributed by atoms with Gasteiger partial charge in [0.05, 0.1) is 6.26 Å². The molecule has 0 spiro atoms. The summed E-state index contributed by atoms with van der Waals surface area (Å²) in [5.74, 6) is -0.0645. The van der Waals surface area contributed by atoms with Crippen LogP contribution in [0.5, 0.6) is 0 Å². The van der Waals surface area contributed by atoms with Crippen LogP contribution in [0.4, 0.5) is 0 Å². The number of hydrogen-bond donors (Lipinski definition) is 1. The molecule has 5 nitrogen and oxygen atoms in total. The largest absolute Gasteiger partial charge is 0.337 e. The highest BCUT2D eigenvalue weighted by molar-refractivity contribution is 9.10. The Bertz CT molecular complexity index is 571. The minimum absolute atomic E-state index is 0.0645. The Morgan fingerprint density at radius 2 is 2.00 bits per heavy atom. The van der Waals surface area contributed by atoms with Crippen LogP contribution in [0, 0.1) is 0 Å². The van der Waals surface area contributed by atoms with E-state index in [1.807, 2.05) is 12.1 Å². The van der Waals surface area contributed by atoms with Crippen LogP contribution in [0.15, 0.2) is 28.7 Å². The van der Waals surface area contributed by atoms with Crippen molar-refractivity contribution in [3.05, 3.63) is 34.3 Å². The first-order chi connectivity index (χ1) is 8.85. The lowest BCUT2D eigenvalue weighted by Gasteiger charge is -2.16. The Morgan fingerprint density at radius 3 is 2.58 bits per heavy atom. The van der Waals surface area contributed by atoms with Gasteiger partial charge in [-0.15, -0.1) is 0 Å². The van der Waals surface area contributed by atoms with E-state index in [4.69, 9.17) is 0 Å². The quantitative estimate of drug-likeness (QED) is 0.894. The van der Waals surface area contributed by atoms with Gasteiger partial charge >= 0.3 is 0 Å². The van der Waals surface area contributed by atoms with Crippen molar-refractivity contribution in [3.8, 4) is 0 Å². The first kappa shape index (κ1) is 14.5. The molecule has 0 bridgehead atoms. The number of hydrogen-bond acceptors (Lipinski definition) is 3. The van der Waals surface area contributed by atoms with E-state index in [0.29, 0.717) is 25.1 Å². The molecular weight excluding hydrogens is 332 g/mol. The lowest BCUT2D eigenvalue weighted by molar-refractivity contribution is 0.0790. The molecule has 0 unspecified atom stereocenters. The number of nitrogens with one attached hydrogen (secondary N) is 1. The third-order valence-corrected chi connectivity index (χ3v) is 4.24. The van der Waals surface area contributed by atoms with Gasteiger partial charge in [-0.05, 0) is 30.7 Å². The van der Waals surface area contributed by atoms with Gasteiger partial charge in [-0.2, -0.15) is 0 Å². The zero-order chi connectivity index (χ0) is 14.0. The SMILES string of the molecule is CS(=O)(=O)N[C@@H]1CCN(C(=O)c2ccc(Br)cc2)C1. The second-order valence-corrected chi connectivity index (χ2v) is 7.33. The van der Waals surface area contributed by atoms with E-state index >= 15 is 0 Å². The second kappa shape index (κ2) is 5.60. The molecule has 1 aliphatic rings. The molecule has 1 saturated heterocycles. The number of halogens is 1. The molecule has 7 heteroatoms. The predicted molar refractivity (Wildman–Crippen MR) is 76.4 cm³/mol. The number of benzene rings is 1. The predicted octanol–water partition coefficient (Wildman–Crippen LogP) is 1.21. The molecular formula is C12H15BrN2O3S. The Balaban J connectivity index is 2.01. The summed E-state index contributed by atoms with van der Waals surface area (Å²) in [6.07, 6.45) is 1.78. The van der Waals surface area contributed by atoms with Crippen LogP contribution < -0.4 is 4.72 Å². The van der Waals surface area contributed by atoms with Gasteiger partial charge in [0, 0.05) is 29.2 Å². The Labute approximate surface area is 121 Å². The Morgan fingerprint density at radius 1 is 1.37 bits per heavy atom. The van der Waals surface area contributed by atoms with Crippen molar-refractivity contribution in [1.82, 2.24) is 9.62 Å². The maximum atomic E-state index is 12.2. The normalized spacial score (nSPS) is 19.7. The molecule has 1 fully saturated rings. The van der Waals surface area contributed by atoms with E-state index in [0.717, 1.165) is 10.7 Å². The highest BCUT2D eigenvalue weighted by Crippen LogP contribution is 2.16. The minimum atomic E-state index is -3.22. The summed E-state index contributed by atoms with van der Waals surface area (Å²) in [4.78, 5) is 13.9. The molecule has 0 radical (unpaired) electrons. The number of carbonyl (C=O) groups is 1. The third-order valence-electron chi connectivity index (χ3n) is 2.95. The highest BCUT2D eigenvalue weighted by atomic mass is 79.9. The zero-order valence-electron chi connectivity index (χ0n) is 10.5. The van der Waals surface area contributed by atoms with Gasteiger partial charge in [-0.1, -0.05) is 15.9 Å². The fraction of sp³-hybridized carbons (Fsp3) is 0.417. The molecule has 2 rings (SSSR count). The fourth-order valence-electron chi connectivity index (χ4n) is 2.12. The summed E-state index contributed by atoms with van der Waals surface area (Å²) >= 11 is 3.32. The van der Waals surface area contributed by atoms with Crippen LogP contribution in [-0.2, 0) is 10.0 Å². The Kier molecular flexibility index (Phi) is 4.27. The molecule has 1 atom stereocenters. The third kappa shape index (κ3) is 4.02. The van der Waals surface area contributed by atoms with E-state index in [2.05, 4.69) is 20.7 Å². The van der Waals surface area contributed by atoms with Crippen LogP contribution in [0.3, 0.4) is 0 Å². The average molecular weight is 347 g/mol. The van der Waals surface area contributed by atoms with E-state index < -0.39 is 10.0 Å². The smallest absolute Gasteiger partial charge is 0.253 e. The van der Waals surface area contributed by atoms with E-state index in [1.165, 1.54) is 0 Å². The molecule has 1 aromatic carbocycles. The summed E-state index contributed by atoms with van der Waals surface area (Å²) in [6.45, 7) is 0.990. The number of nitrogens with zero attached hydrogens (tertiary/aromatic N) is 1. The molecule has 1 amide bonds. The topological polar surface area (TPSA) is 66.5 Å². The summed E-state index contributed by atoms with van der Waals surface area (Å²) < 4.78 is 25.8. The van der Waals surface area contributed by atoms with Crippen molar-refractivity contribution in [2.75, 3.05) is 19.3 Å². The molecule has 1 heterocycles. The molecule has 0 aromatic heterocycles. The van der Waals surface area contributed by atoms with Crippen molar-refractivity contribution in [2.24, 2.45) is 0 Å². The monoisotopic (exact) mass is 346 g/mol. The molecule has 104 valence electrons. The van der Waals surface area contributed by atoms with E-state index in [9.17, 15) is 13.2 Å². The van der Waals surface area contributed by atoms with Crippen LogP contribution in [-0.4, -0.2) is 44.6 Å². The number of amides is 1. The lowest BCUT2D eigenvalue weighted by atomic mass is 10.2. The Hall–Kier alpha value is -0.920. The first-order valence-electron chi connectivity index (χ1n) is 5.87. The number of rotatable bonds is 3. The van der Waals surface area contributed by atoms with Gasteiger partial charge in [0.25, 0.3) is 5.91 Å². The maximum absolute atomic E-state index is 12.2. The molecule has 0 aliphatic carbocycles. The van der Waals surface area contributed by atoms with Crippen molar-refractivity contribution < 1.29 is 13.2 Å². The van der Waals surface area contributed by atoms with Crippen LogP contribution in [0.2, 0.25) is 0 Å². The van der Waals surface area contributed by atoms with Gasteiger partial charge in [0.15, 0.2) is 0 Å². The van der Waals surface area contributed by atoms with E-state index in [1.54, 1.807) is 17.0 Å². The second-order valence-electron chi connectivity index (χ2n) is 4.63. The van der Waals surface area contributed by atoms with Crippen molar-refractivity contribution >= 4 is 31.9 Å². The van der Waals surface area contributed by atoms with Crippen molar-refractivity contribution in [3.63, 3.8) is 0 Å². The molecule has 19 heavy (non-hydrogen) atoms. The summed E-state index contributed by atoms with van der Waals surface area (Å²) in [5, 5.41) is 0. The zero-order valence-corrected chi connectivity index (χ0v) is 12.9. The maximum Gasteiger partial charge on any atom is 0.253 e. The van der Waals surface area contributed by atoms with Gasteiger partial charge in [-0.25, -0.2) is 13.1 Å². The standard InChI is InChI=1S/C12H15BrN2O3S/c1-19(17,18)14-11-6-7-15(8-11)12(16)9-2-4-10(13)5-3-9/h2-5,11,14H,6-8H2,1H3/t11-/m1/s1. The number of sulfonamides is 1. The average Bonchev–Trinajstić information content (AvgIpc) is 2.75. The molecule has 1 aromatic rings. The van der Waals surface area contributed by atoms with Crippen LogP contribution in [0.1, 0.15) is 16.8 Å². The van der Waals surface area contributed by atoms with Crippen molar-refractivity contribution in [1.29, 1.82) is 0 Å². The molecule has 1 N–H and O–H groups in total.